The molecule has 8 nitrogen and oxygen atoms in total. The van der Waals surface area contributed by atoms with Gasteiger partial charge in [0.15, 0.2) is 5.69 Å². The fourth-order valence-electron chi connectivity index (χ4n) is 5.36. The molecule has 1 aromatic carbocycles. The van der Waals surface area contributed by atoms with Crippen LogP contribution < -0.4 is 9.80 Å². The molecule has 0 bridgehead atoms. The van der Waals surface area contributed by atoms with E-state index in [1.165, 1.54) is 6.20 Å². The van der Waals surface area contributed by atoms with Crippen molar-refractivity contribution < 1.29 is 27.2 Å². The number of alkyl halides is 3. The number of rotatable bonds is 7. The second-order valence-electron chi connectivity index (χ2n) is 10.7. The SMILES string of the molecule is Cc1ccccc1CC(=O)N1CCCN(c2ccc(CC(=O)c3oc(N4CCCCC4)nc3C(F)(F)F)cn2)CC1. The van der Waals surface area contributed by atoms with Gasteiger partial charge < -0.3 is 19.1 Å². The predicted octanol–water partition coefficient (Wildman–Crippen LogP) is 5.09. The van der Waals surface area contributed by atoms with Gasteiger partial charge in [0, 0.05) is 51.9 Å². The molecule has 0 aliphatic carbocycles. The Morgan fingerprint density at radius 3 is 2.34 bits per heavy atom. The molecule has 218 valence electrons. The molecule has 11 heteroatoms. The summed E-state index contributed by atoms with van der Waals surface area (Å²) in [6, 6.07) is 11.2. The summed E-state index contributed by atoms with van der Waals surface area (Å²) in [5.74, 6) is -0.764. The van der Waals surface area contributed by atoms with E-state index in [0.717, 1.165) is 36.8 Å². The molecular weight excluding hydrogens is 535 g/mol. The van der Waals surface area contributed by atoms with Gasteiger partial charge in [-0.25, -0.2) is 4.98 Å². The van der Waals surface area contributed by atoms with Gasteiger partial charge in [0.1, 0.15) is 5.82 Å². The summed E-state index contributed by atoms with van der Waals surface area (Å²) in [6.45, 7) is 5.65. The first kappa shape index (κ1) is 28.6. The smallest absolute Gasteiger partial charge is 0.420 e. The van der Waals surface area contributed by atoms with Crippen molar-refractivity contribution in [2.75, 3.05) is 49.1 Å². The Labute approximate surface area is 237 Å². The molecule has 2 aromatic heterocycles. The molecule has 4 heterocycles. The number of carbonyl (C=O) groups is 2. The molecule has 2 fully saturated rings. The van der Waals surface area contributed by atoms with E-state index in [9.17, 15) is 22.8 Å². The van der Waals surface area contributed by atoms with Crippen molar-refractivity contribution in [2.24, 2.45) is 0 Å². The number of ketones is 1. The summed E-state index contributed by atoms with van der Waals surface area (Å²) in [4.78, 5) is 39.6. The summed E-state index contributed by atoms with van der Waals surface area (Å²) in [5, 5.41) is 0. The van der Waals surface area contributed by atoms with Gasteiger partial charge in [-0.1, -0.05) is 30.3 Å². The molecule has 2 aliphatic rings. The second kappa shape index (κ2) is 12.3. The average molecular weight is 570 g/mol. The van der Waals surface area contributed by atoms with Crippen LogP contribution in [-0.2, 0) is 23.8 Å². The van der Waals surface area contributed by atoms with Crippen LogP contribution in [0.15, 0.2) is 47.0 Å². The highest BCUT2D eigenvalue weighted by molar-refractivity contribution is 5.96. The predicted molar refractivity (Wildman–Crippen MR) is 148 cm³/mol. The van der Waals surface area contributed by atoms with Gasteiger partial charge in [-0.3, -0.25) is 9.59 Å². The van der Waals surface area contributed by atoms with Crippen LogP contribution in [-0.4, -0.2) is 65.8 Å². The third-order valence-electron chi connectivity index (χ3n) is 7.71. The van der Waals surface area contributed by atoms with Crippen LogP contribution in [0.2, 0.25) is 0 Å². The molecule has 0 saturated carbocycles. The topological polar surface area (TPSA) is 82.8 Å². The van der Waals surface area contributed by atoms with Gasteiger partial charge in [0.05, 0.1) is 6.42 Å². The van der Waals surface area contributed by atoms with E-state index in [1.807, 2.05) is 36.1 Å². The number of halogens is 3. The number of oxazole rings is 1. The maximum atomic E-state index is 13.7. The summed E-state index contributed by atoms with van der Waals surface area (Å²) in [5.41, 5.74) is 1.33. The lowest BCUT2D eigenvalue weighted by atomic mass is 10.1. The Hall–Kier alpha value is -3.89. The van der Waals surface area contributed by atoms with Gasteiger partial charge in [-0.2, -0.15) is 18.2 Å². The highest BCUT2D eigenvalue weighted by Crippen LogP contribution is 2.35. The number of aromatic nitrogens is 2. The van der Waals surface area contributed by atoms with E-state index >= 15 is 0 Å². The molecule has 3 aromatic rings. The van der Waals surface area contributed by atoms with Gasteiger partial charge in [0.25, 0.3) is 6.01 Å². The van der Waals surface area contributed by atoms with Crippen LogP contribution in [0, 0.1) is 6.92 Å². The van der Waals surface area contributed by atoms with Crippen molar-refractivity contribution in [3.63, 3.8) is 0 Å². The normalized spacial score (nSPS) is 16.5. The molecule has 0 unspecified atom stereocenters. The monoisotopic (exact) mass is 569 g/mol. The van der Waals surface area contributed by atoms with Crippen molar-refractivity contribution in [1.29, 1.82) is 0 Å². The van der Waals surface area contributed by atoms with Crippen LogP contribution in [0.25, 0.3) is 0 Å². The summed E-state index contributed by atoms with van der Waals surface area (Å²) in [7, 11) is 0. The molecule has 0 radical (unpaired) electrons. The number of aryl methyl sites for hydroxylation is 1. The Bertz CT molecular complexity index is 1370. The number of anilines is 2. The number of Topliss-reactive ketones (excluding diaryl/α,β-unsaturated/α-hetero) is 1. The molecule has 2 saturated heterocycles. The third-order valence-corrected chi connectivity index (χ3v) is 7.71. The first-order valence-electron chi connectivity index (χ1n) is 14.1. The second-order valence-corrected chi connectivity index (χ2v) is 10.7. The lowest BCUT2D eigenvalue weighted by Gasteiger charge is -2.24. The molecule has 0 spiro atoms. The Kier molecular flexibility index (Phi) is 8.60. The molecule has 1 amide bonds. The highest BCUT2D eigenvalue weighted by atomic mass is 19.4. The number of benzene rings is 1. The number of carbonyl (C=O) groups excluding carboxylic acids is 2. The Balaban J connectivity index is 1.21. The van der Waals surface area contributed by atoms with Crippen LogP contribution in [0.1, 0.15) is 58.6 Å². The number of hydrogen-bond donors (Lipinski definition) is 0. The van der Waals surface area contributed by atoms with Crippen molar-refractivity contribution in [3.05, 3.63) is 70.7 Å². The first-order valence-corrected chi connectivity index (χ1v) is 14.1. The zero-order chi connectivity index (χ0) is 29.0. The average Bonchev–Trinajstić information content (AvgIpc) is 3.29. The molecule has 2 aliphatic heterocycles. The number of piperidine rings is 1. The van der Waals surface area contributed by atoms with Crippen molar-refractivity contribution in [1.82, 2.24) is 14.9 Å². The van der Waals surface area contributed by atoms with E-state index in [2.05, 4.69) is 14.9 Å². The minimum Gasteiger partial charge on any atom is -0.420 e. The van der Waals surface area contributed by atoms with Gasteiger partial charge >= 0.3 is 6.18 Å². The van der Waals surface area contributed by atoms with Crippen LogP contribution >= 0.6 is 0 Å². The van der Waals surface area contributed by atoms with Crippen molar-refractivity contribution >= 4 is 23.5 Å². The lowest BCUT2D eigenvalue weighted by molar-refractivity contribution is -0.141. The molecule has 5 rings (SSSR count). The summed E-state index contributed by atoms with van der Waals surface area (Å²) < 4.78 is 46.5. The highest BCUT2D eigenvalue weighted by Gasteiger charge is 2.41. The third kappa shape index (κ3) is 6.89. The van der Waals surface area contributed by atoms with Gasteiger partial charge in [0.2, 0.25) is 17.5 Å². The van der Waals surface area contributed by atoms with Crippen molar-refractivity contribution in [2.45, 2.75) is 51.6 Å². The minimum atomic E-state index is -4.80. The molecule has 0 N–H and O–H groups in total. The van der Waals surface area contributed by atoms with Gasteiger partial charge in [-0.15, -0.1) is 0 Å². The number of nitrogens with zero attached hydrogens (tertiary/aromatic N) is 5. The zero-order valence-corrected chi connectivity index (χ0v) is 23.1. The quantitative estimate of drug-likeness (QED) is 0.367. The van der Waals surface area contributed by atoms with E-state index < -0.39 is 23.4 Å². The first-order chi connectivity index (χ1) is 19.7. The van der Waals surface area contributed by atoms with E-state index in [1.54, 1.807) is 17.0 Å². The van der Waals surface area contributed by atoms with Crippen molar-refractivity contribution in [3.8, 4) is 0 Å². The lowest BCUT2D eigenvalue weighted by Crippen LogP contribution is -2.36. The summed E-state index contributed by atoms with van der Waals surface area (Å²) >= 11 is 0. The summed E-state index contributed by atoms with van der Waals surface area (Å²) in [6.07, 6.45) is 0.252. The Morgan fingerprint density at radius 2 is 1.63 bits per heavy atom. The van der Waals surface area contributed by atoms with E-state index in [4.69, 9.17) is 4.42 Å². The largest absolute Gasteiger partial charge is 0.437 e. The molecule has 41 heavy (non-hydrogen) atoms. The number of pyridine rings is 1. The van der Waals surface area contributed by atoms with Crippen LogP contribution in [0.3, 0.4) is 0 Å². The zero-order valence-electron chi connectivity index (χ0n) is 23.1. The van der Waals surface area contributed by atoms with E-state index in [0.29, 0.717) is 57.1 Å². The molecule has 0 atom stereocenters. The maximum Gasteiger partial charge on any atom is 0.437 e. The van der Waals surface area contributed by atoms with E-state index in [-0.39, 0.29) is 18.3 Å². The fraction of sp³-hybridized carbons (Fsp3) is 0.467. The van der Waals surface area contributed by atoms with Crippen LogP contribution in [0.4, 0.5) is 25.0 Å². The standard InChI is InChI=1S/C30H34F3N5O3/c1-21-8-3-4-9-23(21)19-26(40)37-15-7-14-36(16-17-37)25-11-10-22(20-34-25)18-24(39)27-28(30(31,32)33)35-29(41-27)38-12-5-2-6-13-38/h3-4,8-11,20H,2,5-7,12-19H2,1H3. The van der Waals surface area contributed by atoms with Crippen LogP contribution in [0.5, 0.6) is 0 Å². The van der Waals surface area contributed by atoms with Gasteiger partial charge in [-0.05, 0) is 55.4 Å². The fourth-order valence-corrected chi connectivity index (χ4v) is 5.36. The maximum absolute atomic E-state index is 13.7. The molecular formula is C30H34F3N5O3. The number of amides is 1. The minimum absolute atomic E-state index is 0.0945. The Morgan fingerprint density at radius 1 is 0.878 bits per heavy atom. The number of hydrogen-bond acceptors (Lipinski definition) is 7.